The van der Waals surface area contributed by atoms with Crippen LogP contribution < -0.4 is 5.73 Å². The summed E-state index contributed by atoms with van der Waals surface area (Å²) in [6.45, 7) is 0. The lowest BCUT2D eigenvalue weighted by molar-refractivity contribution is 0.595. The van der Waals surface area contributed by atoms with Crippen LogP contribution in [0, 0.1) is 0 Å². The number of nitrogens with zero attached hydrogens (tertiary/aromatic N) is 2. The standard InChI is InChI=1S/C10H9Cl2N3O2S2/c11-7-2-1-6(5-8(7)12)19(16,17)4-3-9-14-15-10(13)18-9/h1-2,5H,3-4H2,(H2,13,15). The maximum atomic E-state index is 12.1. The number of benzene rings is 1. The van der Waals surface area contributed by atoms with Crippen molar-refractivity contribution in [3.8, 4) is 0 Å². The number of nitrogen functional groups attached to an aromatic ring is 1. The molecule has 0 bridgehead atoms. The number of aromatic nitrogens is 2. The second-order valence-electron chi connectivity index (χ2n) is 3.68. The molecule has 1 aromatic carbocycles. The first-order chi connectivity index (χ1) is 8.88. The Kier molecular flexibility index (Phi) is 4.29. The van der Waals surface area contributed by atoms with Crippen molar-refractivity contribution in [1.29, 1.82) is 0 Å². The van der Waals surface area contributed by atoms with E-state index in [1.54, 1.807) is 0 Å². The number of nitrogens with two attached hydrogens (primary N) is 1. The van der Waals surface area contributed by atoms with Crippen LogP contribution in [-0.4, -0.2) is 24.4 Å². The van der Waals surface area contributed by atoms with E-state index in [4.69, 9.17) is 28.9 Å². The molecule has 0 atom stereocenters. The molecule has 5 nitrogen and oxygen atoms in total. The summed E-state index contributed by atoms with van der Waals surface area (Å²) in [5, 5.41) is 8.84. The Morgan fingerprint density at radius 2 is 1.95 bits per heavy atom. The van der Waals surface area contributed by atoms with Crippen LogP contribution in [0.15, 0.2) is 23.1 Å². The van der Waals surface area contributed by atoms with E-state index in [-0.39, 0.29) is 22.1 Å². The highest BCUT2D eigenvalue weighted by Gasteiger charge is 2.17. The van der Waals surface area contributed by atoms with E-state index >= 15 is 0 Å². The molecule has 2 N–H and O–H groups in total. The van der Waals surface area contributed by atoms with Gasteiger partial charge in [-0.3, -0.25) is 0 Å². The van der Waals surface area contributed by atoms with Crippen LogP contribution in [-0.2, 0) is 16.3 Å². The lowest BCUT2D eigenvalue weighted by Crippen LogP contribution is -2.09. The first-order valence-corrected chi connectivity index (χ1v) is 8.36. The lowest BCUT2D eigenvalue weighted by atomic mass is 10.4. The second-order valence-corrected chi connectivity index (χ2v) is 7.70. The molecule has 0 saturated carbocycles. The minimum atomic E-state index is -3.43. The number of hydrogen-bond acceptors (Lipinski definition) is 6. The van der Waals surface area contributed by atoms with Crippen LogP contribution in [0.3, 0.4) is 0 Å². The molecule has 2 aromatic rings. The van der Waals surface area contributed by atoms with E-state index < -0.39 is 9.84 Å². The van der Waals surface area contributed by atoms with Crippen LogP contribution in [0.25, 0.3) is 0 Å². The van der Waals surface area contributed by atoms with Crippen LogP contribution in [0.2, 0.25) is 10.0 Å². The van der Waals surface area contributed by atoms with Crippen molar-refractivity contribution in [2.75, 3.05) is 11.5 Å². The predicted octanol–water partition coefficient (Wildman–Crippen LogP) is 2.44. The van der Waals surface area contributed by atoms with Crippen molar-refractivity contribution in [3.63, 3.8) is 0 Å². The quantitative estimate of drug-likeness (QED) is 0.925. The first kappa shape index (κ1) is 14.5. The van der Waals surface area contributed by atoms with Crippen LogP contribution in [0.4, 0.5) is 5.13 Å². The molecule has 1 aromatic heterocycles. The van der Waals surface area contributed by atoms with Gasteiger partial charge in [0.1, 0.15) is 5.01 Å². The molecule has 0 amide bonds. The summed E-state index contributed by atoms with van der Waals surface area (Å²) in [4.78, 5) is 0.138. The van der Waals surface area contributed by atoms with Crippen molar-refractivity contribution in [2.45, 2.75) is 11.3 Å². The van der Waals surface area contributed by atoms with Gasteiger partial charge in [-0.1, -0.05) is 34.5 Å². The number of aryl methyl sites for hydroxylation is 1. The molecule has 0 radical (unpaired) electrons. The summed E-state index contributed by atoms with van der Waals surface area (Å²) in [6.07, 6.45) is 0.261. The van der Waals surface area contributed by atoms with Crippen molar-refractivity contribution >= 4 is 49.5 Å². The summed E-state index contributed by atoms with van der Waals surface area (Å²) < 4.78 is 24.2. The zero-order valence-corrected chi connectivity index (χ0v) is 12.7. The summed E-state index contributed by atoms with van der Waals surface area (Å²) in [5.41, 5.74) is 5.43. The molecule has 19 heavy (non-hydrogen) atoms. The third kappa shape index (κ3) is 3.56. The molecular formula is C10H9Cl2N3O2S2. The van der Waals surface area contributed by atoms with Crippen LogP contribution in [0.1, 0.15) is 5.01 Å². The monoisotopic (exact) mass is 337 g/mol. The first-order valence-electron chi connectivity index (χ1n) is 5.14. The Hall–Kier alpha value is -0.890. The highest BCUT2D eigenvalue weighted by Crippen LogP contribution is 2.25. The zero-order chi connectivity index (χ0) is 14.0. The molecule has 1 heterocycles. The Morgan fingerprint density at radius 1 is 1.21 bits per heavy atom. The molecule has 0 spiro atoms. The highest BCUT2D eigenvalue weighted by molar-refractivity contribution is 7.91. The van der Waals surface area contributed by atoms with E-state index in [1.807, 2.05) is 0 Å². The summed E-state index contributed by atoms with van der Waals surface area (Å²) in [7, 11) is -3.43. The molecule has 0 unspecified atom stereocenters. The van der Waals surface area contributed by atoms with Gasteiger partial charge in [-0.25, -0.2) is 8.42 Å². The highest BCUT2D eigenvalue weighted by atomic mass is 35.5. The van der Waals surface area contributed by atoms with Gasteiger partial charge in [0.2, 0.25) is 5.13 Å². The van der Waals surface area contributed by atoms with E-state index in [1.165, 1.54) is 29.5 Å². The maximum Gasteiger partial charge on any atom is 0.203 e. The minimum Gasteiger partial charge on any atom is -0.374 e. The predicted molar refractivity (Wildman–Crippen MR) is 76.5 cm³/mol. The van der Waals surface area contributed by atoms with Gasteiger partial charge in [0.05, 0.1) is 20.7 Å². The molecular weight excluding hydrogens is 329 g/mol. The second kappa shape index (κ2) is 5.62. The lowest BCUT2D eigenvalue weighted by Gasteiger charge is -2.04. The SMILES string of the molecule is Nc1nnc(CCS(=O)(=O)c2ccc(Cl)c(Cl)c2)s1. The molecule has 0 aliphatic heterocycles. The zero-order valence-electron chi connectivity index (χ0n) is 9.51. The number of hydrogen-bond donors (Lipinski definition) is 1. The molecule has 0 fully saturated rings. The molecule has 2 rings (SSSR count). The third-order valence-corrected chi connectivity index (χ3v) is 5.58. The number of halogens is 2. The average molecular weight is 338 g/mol. The molecule has 0 aliphatic carbocycles. The smallest absolute Gasteiger partial charge is 0.203 e. The van der Waals surface area contributed by atoms with Gasteiger partial charge < -0.3 is 5.73 Å². The largest absolute Gasteiger partial charge is 0.374 e. The van der Waals surface area contributed by atoms with E-state index in [2.05, 4.69) is 10.2 Å². The number of anilines is 1. The Morgan fingerprint density at radius 3 is 2.53 bits per heavy atom. The topological polar surface area (TPSA) is 85.9 Å². The van der Waals surface area contributed by atoms with Crippen molar-refractivity contribution in [1.82, 2.24) is 10.2 Å². The average Bonchev–Trinajstić information content (AvgIpc) is 2.76. The molecule has 0 aliphatic rings. The van der Waals surface area contributed by atoms with Crippen LogP contribution in [0.5, 0.6) is 0 Å². The van der Waals surface area contributed by atoms with Gasteiger partial charge in [0.25, 0.3) is 0 Å². The normalized spacial score (nSPS) is 11.7. The van der Waals surface area contributed by atoms with Crippen LogP contribution >= 0.6 is 34.5 Å². The summed E-state index contributed by atoms with van der Waals surface area (Å²) >= 11 is 12.7. The van der Waals surface area contributed by atoms with Gasteiger partial charge in [-0.05, 0) is 18.2 Å². The van der Waals surface area contributed by atoms with Gasteiger partial charge in [-0.15, -0.1) is 10.2 Å². The molecule has 0 saturated heterocycles. The van der Waals surface area contributed by atoms with Gasteiger partial charge in [-0.2, -0.15) is 0 Å². The Labute approximate surface area is 124 Å². The fourth-order valence-electron chi connectivity index (χ4n) is 1.38. The fourth-order valence-corrected chi connectivity index (χ4v) is 3.75. The van der Waals surface area contributed by atoms with Gasteiger partial charge in [0.15, 0.2) is 9.84 Å². The van der Waals surface area contributed by atoms with Gasteiger partial charge in [0, 0.05) is 6.42 Å². The minimum absolute atomic E-state index is 0.0837. The molecule has 102 valence electrons. The van der Waals surface area contributed by atoms with Crippen molar-refractivity contribution in [3.05, 3.63) is 33.3 Å². The third-order valence-electron chi connectivity index (χ3n) is 2.32. The summed E-state index contributed by atoms with van der Waals surface area (Å²) in [5.74, 6) is -0.0837. The van der Waals surface area contributed by atoms with Gasteiger partial charge >= 0.3 is 0 Å². The maximum absolute atomic E-state index is 12.1. The van der Waals surface area contributed by atoms with Crippen molar-refractivity contribution < 1.29 is 8.42 Å². The summed E-state index contributed by atoms with van der Waals surface area (Å²) in [6, 6.07) is 4.23. The van der Waals surface area contributed by atoms with Crippen molar-refractivity contribution in [2.24, 2.45) is 0 Å². The fraction of sp³-hybridized carbons (Fsp3) is 0.200. The Balaban J connectivity index is 2.16. The van der Waals surface area contributed by atoms with E-state index in [0.29, 0.717) is 15.2 Å². The molecule has 9 heteroatoms. The van der Waals surface area contributed by atoms with E-state index in [9.17, 15) is 8.42 Å². The number of rotatable bonds is 4. The van der Waals surface area contributed by atoms with E-state index in [0.717, 1.165) is 0 Å². The Bertz CT molecular complexity index is 701. The number of sulfone groups is 1.